The number of fused-ring (bicyclic) bond motifs is 4. The van der Waals surface area contributed by atoms with Gasteiger partial charge in [0.1, 0.15) is 0 Å². The molecule has 0 saturated heterocycles. The van der Waals surface area contributed by atoms with Crippen LogP contribution in [0.25, 0.3) is 0 Å². The van der Waals surface area contributed by atoms with E-state index in [-0.39, 0.29) is 47.0 Å². The Bertz CT molecular complexity index is 823. The second-order valence-corrected chi connectivity index (χ2v) is 11.1. The van der Waals surface area contributed by atoms with Crippen molar-refractivity contribution in [2.75, 3.05) is 0 Å². The van der Waals surface area contributed by atoms with Crippen LogP contribution in [-0.4, -0.2) is 39.5 Å². The first-order valence-electron chi connectivity index (χ1n) is 12.1. The molecule has 10 unspecified atom stereocenters. The fourth-order valence-electron chi connectivity index (χ4n) is 8.07. The summed E-state index contributed by atoms with van der Waals surface area (Å²) < 4.78 is 0. The van der Waals surface area contributed by atoms with E-state index in [1.807, 2.05) is 20.8 Å². The van der Waals surface area contributed by atoms with Crippen molar-refractivity contribution in [2.24, 2.45) is 64.9 Å². The topological polar surface area (TPSA) is 147 Å². The number of nitrogens with one attached hydrogen (secondary N) is 1. The Morgan fingerprint density at radius 2 is 1.22 bits per heavy atom. The molecule has 0 aromatic carbocycles. The number of amides is 2. The van der Waals surface area contributed by atoms with E-state index in [4.69, 9.17) is 5.73 Å². The highest BCUT2D eigenvalue weighted by atomic mass is 16.4. The molecule has 8 nitrogen and oxygen atoms in total. The smallest absolute Gasteiger partial charge is 0.307 e. The quantitative estimate of drug-likeness (QED) is 0.447. The molecule has 5 N–H and O–H groups in total. The fraction of sp³-hybridized carbons (Fsp3) is 0.833. The Morgan fingerprint density at radius 1 is 0.781 bits per heavy atom. The molecule has 4 rings (SSSR count). The first-order valence-corrected chi connectivity index (χ1v) is 12.1. The highest BCUT2D eigenvalue weighted by Gasteiger charge is 2.65. The SMILES string of the molecule is CCC(C)(CC)NC(=O)C1C2CC(C3CC4CC3C(C(N)=O)C4C(=O)O)C(C2)C1C(=O)O. The Labute approximate surface area is 188 Å². The summed E-state index contributed by atoms with van der Waals surface area (Å²) >= 11 is 0. The number of hydrogen-bond acceptors (Lipinski definition) is 4. The summed E-state index contributed by atoms with van der Waals surface area (Å²) in [7, 11) is 0. The van der Waals surface area contributed by atoms with E-state index in [1.165, 1.54) is 0 Å². The summed E-state index contributed by atoms with van der Waals surface area (Å²) in [5.74, 6) is -5.25. The molecule has 178 valence electrons. The van der Waals surface area contributed by atoms with Gasteiger partial charge in [-0.3, -0.25) is 19.2 Å². The molecule has 4 aliphatic carbocycles. The predicted molar refractivity (Wildman–Crippen MR) is 115 cm³/mol. The van der Waals surface area contributed by atoms with Crippen LogP contribution in [0.4, 0.5) is 0 Å². The van der Waals surface area contributed by atoms with Crippen LogP contribution >= 0.6 is 0 Å². The van der Waals surface area contributed by atoms with Crippen LogP contribution in [0.3, 0.4) is 0 Å². The minimum absolute atomic E-state index is 0.0190. The van der Waals surface area contributed by atoms with Gasteiger partial charge in [-0.05, 0) is 81.0 Å². The van der Waals surface area contributed by atoms with Crippen molar-refractivity contribution in [2.45, 2.75) is 64.8 Å². The molecule has 4 fully saturated rings. The molecule has 0 aromatic rings. The third-order valence-electron chi connectivity index (χ3n) is 9.85. The number of carboxylic acids is 2. The van der Waals surface area contributed by atoms with Crippen molar-refractivity contribution >= 4 is 23.8 Å². The van der Waals surface area contributed by atoms with Crippen LogP contribution in [0.5, 0.6) is 0 Å². The second kappa shape index (κ2) is 8.03. The molecule has 8 heteroatoms. The number of primary amides is 1. The first kappa shape index (κ1) is 23.1. The van der Waals surface area contributed by atoms with Crippen LogP contribution in [-0.2, 0) is 19.2 Å². The highest BCUT2D eigenvalue weighted by Crippen LogP contribution is 2.65. The third kappa shape index (κ3) is 3.41. The minimum Gasteiger partial charge on any atom is -0.481 e. The zero-order chi connectivity index (χ0) is 23.5. The number of hydrogen-bond donors (Lipinski definition) is 4. The number of carbonyl (C=O) groups is 4. The molecule has 4 bridgehead atoms. The van der Waals surface area contributed by atoms with Gasteiger partial charge in [0.05, 0.1) is 23.7 Å². The lowest BCUT2D eigenvalue weighted by atomic mass is 9.62. The Morgan fingerprint density at radius 3 is 1.66 bits per heavy atom. The number of carbonyl (C=O) groups excluding carboxylic acids is 2. The molecule has 0 aromatic heterocycles. The average Bonchev–Trinajstić information content (AvgIpc) is 3.49. The Hall–Kier alpha value is -2.12. The van der Waals surface area contributed by atoms with Crippen LogP contribution in [0.2, 0.25) is 0 Å². The van der Waals surface area contributed by atoms with Gasteiger partial charge in [0.2, 0.25) is 11.8 Å². The van der Waals surface area contributed by atoms with Gasteiger partial charge in [0.15, 0.2) is 0 Å². The van der Waals surface area contributed by atoms with Gasteiger partial charge in [-0.25, -0.2) is 0 Å². The van der Waals surface area contributed by atoms with E-state index in [0.29, 0.717) is 19.3 Å². The summed E-state index contributed by atoms with van der Waals surface area (Å²) in [6.07, 6.45) is 4.44. The molecule has 32 heavy (non-hydrogen) atoms. The standard InChI is InChI=1S/C24H36N2O6/c1-4-24(3,5-2)26-21(28)16-10-6-13(15(8-10)19(16)23(31)32)12-7-11-9-14(12)18(20(25)27)17(11)22(29)30/h10-19H,4-9H2,1-3H3,(H2,25,27)(H,26,28)(H,29,30)(H,31,32). The molecule has 0 aliphatic heterocycles. The Kier molecular flexibility index (Phi) is 5.78. The molecule has 0 heterocycles. The van der Waals surface area contributed by atoms with Crippen molar-refractivity contribution in [3.05, 3.63) is 0 Å². The number of aliphatic carboxylic acids is 2. The molecule has 10 atom stereocenters. The van der Waals surface area contributed by atoms with Crippen molar-refractivity contribution in [3.8, 4) is 0 Å². The minimum atomic E-state index is -0.956. The molecule has 4 saturated carbocycles. The maximum absolute atomic E-state index is 13.2. The van der Waals surface area contributed by atoms with Crippen molar-refractivity contribution in [3.63, 3.8) is 0 Å². The predicted octanol–water partition coefficient (Wildman–Crippen LogP) is 2.11. The van der Waals surface area contributed by atoms with Gasteiger partial charge < -0.3 is 21.3 Å². The summed E-state index contributed by atoms with van der Waals surface area (Å²) in [4.78, 5) is 49.4. The third-order valence-corrected chi connectivity index (χ3v) is 9.85. The van der Waals surface area contributed by atoms with Gasteiger partial charge >= 0.3 is 11.9 Å². The molecule has 0 radical (unpaired) electrons. The lowest BCUT2D eigenvalue weighted by Crippen LogP contribution is -2.52. The van der Waals surface area contributed by atoms with E-state index in [0.717, 1.165) is 19.3 Å². The summed E-state index contributed by atoms with van der Waals surface area (Å²) in [6, 6.07) is 0. The van der Waals surface area contributed by atoms with Crippen molar-refractivity contribution < 1.29 is 29.4 Å². The summed E-state index contributed by atoms with van der Waals surface area (Å²) in [5, 5.41) is 22.8. The molecular formula is C24H36N2O6. The zero-order valence-corrected chi connectivity index (χ0v) is 19.1. The van der Waals surface area contributed by atoms with Gasteiger partial charge in [0.25, 0.3) is 0 Å². The number of carboxylic acid groups (broad SMARTS) is 2. The lowest BCUT2D eigenvalue weighted by molar-refractivity contribution is -0.153. The fourth-order valence-corrected chi connectivity index (χ4v) is 8.07. The number of nitrogens with two attached hydrogens (primary N) is 1. The van der Waals surface area contributed by atoms with Gasteiger partial charge in [-0.1, -0.05) is 13.8 Å². The van der Waals surface area contributed by atoms with Gasteiger partial charge in [-0.2, -0.15) is 0 Å². The van der Waals surface area contributed by atoms with Crippen LogP contribution < -0.4 is 11.1 Å². The van der Waals surface area contributed by atoms with Crippen LogP contribution in [0.15, 0.2) is 0 Å². The first-order chi connectivity index (χ1) is 15.0. The zero-order valence-electron chi connectivity index (χ0n) is 19.1. The molecular weight excluding hydrogens is 412 g/mol. The molecule has 2 amide bonds. The highest BCUT2D eigenvalue weighted by molar-refractivity contribution is 5.87. The van der Waals surface area contributed by atoms with Gasteiger partial charge in [0, 0.05) is 5.54 Å². The monoisotopic (exact) mass is 448 g/mol. The van der Waals surface area contributed by atoms with E-state index >= 15 is 0 Å². The summed E-state index contributed by atoms with van der Waals surface area (Å²) in [5.41, 5.74) is 5.28. The van der Waals surface area contributed by atoms with Crippen LogP contribution in [0.1, 0.15) is 59.3 Å². The van der Waals surface area contributed by atoms with E-state index < -0.39 is 41.5 Å². The molecule has 4 aliphatic rings. The normalized spacial score (nSPS) is 42.2. The number of rotatable bonds is 8. The maximum atomic E-state index is 13.2. The van der Waals surface area contributed by atoms with Crippen LogP contribution in [0, 0.1) is 59.2 Å². The van der Waals surface area contributed by atoms with Crippen molar-refractivity contribution in [1.82, 2.24) is 5.32 Å². The van der Waals surface area contributed by atoms with E-state index in [2.05, 4.69) is 5.32 Å². The largest absolute Gasteiger partial charge is 0.481 e. The molecule has 0 spiro atoms. The van der Waals surface area contributed by atoms with E-state index in [1.54, 1.807) is 0 Å². The summed E-state index contributed by atoms with van der Waals surface area (Å²) in [6.45, 7) is 6.03. The lowest BCUT2D eigenvalue weighted by Gasteiger charge is -2.42. The van der Waals surface area contributed by atoms with Gasteiger partial charge in [-0.15, -0.1) is 0 Å². The maximum Gasteiger partial charge on any atom is 0.307 e. The second-order valence-electron chi connectivity index (χ2n) is 11.1. The van der Waals surface area contributed by atoms with Crippen molar-refractivity contribution in [1.29, 1.82) is 0 Å². The Balaban J connectivity index is 1.54. The average molecular weight is 449 g/mol. The van der Waals surface area contributed by atoms with E-state index in [9.17, 15) is 29.4 Å².